The molecule has 0 bridgehead atoms. The van der Waals surface area contributed by atoms with Crippen LogP contribution >= 0.6 is 11.8 Å². The molecule has 18 heavy (non-hydrogen) atoms. The minimum Gasteiger partial charge on any atom is -0.231 e. The third kappa shape index (κ3) is 2.81. The third-order valence-corrected chi connectivity index (χ3v) is 2.86. The molecule has 0 N–H and O–H groups in total. The smallest absolute Gasteiger partial charge is 0.231 e. The normalized spacial score (nSPS) is 11.6. The second kappa shape index (κ2) is 4.97. The van der Waals surface area contributed by atoms with E-state index in [-0.39, 0.29) is 0 Å². The first kappa shape index (κ1) is 12.9. The molecule has 0 saturated carbocycles. The molecule has 6 heteroatoms. The van der Waals surface area contributed by atoms with Crippen LogP contribution in [0.25, 0.3) is 11.3 Å². The van der Waals surface area contributed by atoms with Gasteiger partial charge in [-0.15, -0.1) is 0 Å². The zero-order chi connectivity index (χ0) is 13.2. The fourth-order valence-corrected chi connectivity index (χ4v) is 1.81. The zero-order valence-corrected chi connectivity index (χ0v) is 10.2. The van der Waals surface area contributed by atoms with Gasteiger partial charge in [0.15, 0.2) is 5.16 Å². The van der Waals surface area contributed by atoms with Gasteiger partial charge in [-0.05, 0) is 24.5 Å². The largest absolute Gasteiger partial charge is 0.416 e. The number of aromatic nitrogens is 2. The zero-order valence-electron chi connectivity index (χ0n) is 9.40. The van der Waals surface area contributed by atoms with Crippen LogP contribution in [0.15, 0.2) is 41.7 Å². The Hall–Kier alpha value is -1.56. The van der Waals surface area contributed by atoms with Gasteiger partial charge in [-0.3, -0.25) is 0 Å². The number of hydrogen-bond donors (Lipinski definition) is 0. The molecule has 0 fully saturated rings. The summed E-state index contributed by atoms with van der Waals surface area (Å²) in [6, 6.07) is 6.70. The fraction of sp³-hybridized carbons (Fsp3) is 0.167. The Labute approximate surface area is 106 Å². The molecule has 2 aromatic rings. The van der Waals surface area contributed by atoms with E-state index in [1.165, 1.54) is 24.0 Å². The first-order valence-electron chi connectivity index (χ1n) is 5.05. The van der Waals surface area contributed by atoms with Crippen molar-refractivity contribution in [3.8, 4) is 11.3 Å². The average molecular weight is 270 g/mol. The van der Waals surface area contributed by atoms with Crippen LogP contribution in [0, 0.1) is 0 Å². The molecule has 2 nitrogen and oxygen atoms in total. The topological polar surface area (TPSA) is 25.8 Å². The first-order valence-corrected chi connectivity index (χ1v) is 6.28. The van der Waals surface area contributed by atoms with Gasteiger partial charge in [0, 0.05) is 11.8 Å². The SMILES string of the molecule is CSc1nccc(-c2cccc(C(F)(F)F)c2)n1. The van der Waals surface area contributed by atoms with Gasteiger partial charge in [-0.25, -0.2) is 9.97 Å². The van der Waals surface area contributed by atoms with Gasteiger partial charge in [-0.1, -0.05) is 23.9 Å². The lowest BCUT2D eigenvalue weighted by atomic mass is 10.1. The van der Waals surface area contributed by atoms with Crippen molar-refractivity contribution in [1.82, 2.24) is 9.97 Å². The van der Waals surface area contributed by atoms with Gasteiger partial charge < -0.3 is 0 Å². The Morgan fingerprint density at radius 1 is 1.17 bits per heavy atom. The van der Waals surface area contributed by atoms with E-state index in [1.807, 2.05) is 6.26 Å². The molecule has 0 amide bonds. The van der Waals surface area contributed by atoms with Crippen molar-refractivity contribution in [3.05, 3.63) is 42.1 Å². The van der Waals surface area contributed by atoms with Crippen molar-refractivity contribution < 1.29 is 13.2 Å². The quantitative estimate of drug-likeness (QED) is 0.611. The monoisotopic (exact) mass is 270 g/mol. The molecule has 0 aliphatic rings. The Morgan fingerprint density at radius 3 is 2.61 bits per heavy atom. The van der Waals surface area contributed by atoms with E-state index in [4.69, 9.17) is 0 Å². The molecule has 0 aliphatic carbocycles. The van der Waals surface area contributed by atoms with Gasteiger partial charge in [0.1, 0.15) is 0 Å². The Balaban J connectivity index is 2.44. The highest BCUT2D eigenvalue weighted by Crippen LogP contribution is 2.31. The molecule has 1 aromatic heterocycles. The summed E-state index contributed by atoms with van der Waals surface area (Å²) in [5.74, 6) is 0. The Morgan fingerprint density at radius 2 is 1.94 bits per heavy atom. The lowest BCUT2D eigenvalue weighted by molar-refractivity contribution is -0.137. The van der Waals surface area contributed by atoms with Crippen LogP contribution in [0.3, 0.4) is 0 Å². The summed E-state index contributed by atoms with van der Waals surface area (Å²) in [7, 11) is 0. The molecule has 0 unspecified atom stereocenters. The Kier molecular flexibility index (Phi) is 3.56. The number of nitrogens with zero attached hydrogens (tertiary/aromatic N) is 2. The molecular weight excluding hydrogens is 261 g/mol. The van der Waals surface area contributed by atoms with Crippen LogP contribution in [0.5, 0.6) is 0 Å². The number of halogens is 3. The van der Waals surface area contributed by atoms with Gasteiger partial charge in [-0.2, -0.15) is 13.2 Å². The summed E-state index contributed by atoms with van der Waals surface area (Å²) in [5.41, 5.74) is 0.243. The van der Waals surface area contributed by atoms with Crippen molar-refractivity contribution in [3.63, 3.8) is 0 Å². The summed E-state index contributed by atoms with van der Waals surface area (Å²) in [6.07, 6.45) is -0.995. The van der Waals surface area contributed by atoms with E-state index in [2.05, 4.69) is 9.97 Å². The van der Waals surface area contributed by atoms with E-state index in [1.54, 1.807) is 12.1 Å². The van der Waals surface area contributed by atoms with Crippen LogP contribution in [-0.2, 0) is 6.18 Å². The minimum atomic E-state index is -4.34. The van der Waals surface area contributed by atoms with Crippen molar-refractivity contribution in [2.75, 3.05) is 6.26 Å². The lowest BCUT2D eigenvalue weighted by Crippen LogP contribution is -2.04. The third-order valence-electron chi connectivity index (χ3n) is 2.30. The molecule has 94 valence electrons. The number of rotatable bonds is 2. The molecule has 0 aliphatic heterocycles. The molecule has 0 saturated heterocycles. The summed E-state index contributed by atoms with van der Waals surface area (Å²) >= 11 is 1.34. The molecule has 1 heterocycles. The Bertz CT molecular complexity index is 555. The van der Waals surface area contributed by atoms with E-state index in [9.17, 15) is 13.2 Å². The van der Waals surface area contributed by atoms with Crippen LogP contribution < -0.4 is 0 Å². The van der Waals surface area contributed by atoms with Crippen LogP contribution in [0.4, 0.5) is 13.2 Å². The molecular formula is C12H9F3N2S. The number of alkyl halides is 3. The predicted molar refractivity (Wildman–Crippen MR) is 64.3 cm³/mol. The van der Waals surface area contributed by atoms with Crippen LogP contribution in [0.1, 0.15) is 5.56 Å². The van der Waals surface area contributed by atoms with E-state index in [0.29, 0.717) is 16.4 Å². The van der Waals surface area contributed by atoms with Crippen molar-refractivity contribution in [1.29, 1.82) is 0 Å². The summed E-state index contributed by atoms with van der Waals surface area (Å²) in [6.45, 7) is 0. The van der Waals surface area contributed by atoms with Gasteiger partial charge >= 0.3 is 6.18 Å². The molecule has 0 radical (unpaired) electrons. The lowest BCUT2D eigenvalue weighted by Gasteiger charge is -2.08. The summed E-state index contributed by atoms with van der Waals surface area (Å²) < 4.78 is 37.8. The minimum absolute atomic E-state index is 0.433. The second-order valence-electron chi connectivity index (χ2n) is 3.51. The van der Waals surface area contributed by atoms with Crippen molar-refractivity contribution in [2.24, 2.45) is 0 Å². The number of benzene rings is 1. The fourth-order valence-electron chi connectivity index (χ4n) is 1.45. The predicted octanol–water partition coefficient (Wildman–Crippen LogP) is 3.88. The molecule has 0 atom stereocenters. The van der Waals surface area contributed by atoms with Gasteiger partial charge in [0.05, 0.1) is 11.3 Å². The summed E-state index contributed by atoms with van der Waals surface area (Å²) in [5, 5.41) is 0.532. The molecule has 0 spiro atoms. The van der Waals surface area contributed by atoms with E-state index >= 15 is 0 Å². The highest BCUT2D eigenvalue weighted by molar-refractivity contribution is 7.98. The highest BCUT2D eigenvalue weighted by atomic mass is 32.2. The maximum Gasteiger partial charge on any atom is 0.416 e. The van der Waals surface area contributed by atoms with E-state index < -0.39 is 11.7 Å². The van der Waals surface area contributed by atoms with Crippen LogP contribution in [-0.4, -0.2) is 16.2 Å². The van der Waals surface area contributed by atoms with Crippen molar-refractivity contribution in [2.45, 2.75) is 11.3 Å². The van der Waals surface area contributed by atoms with E-state index in [0.717, 1.165) is 12.1 Å². The highest BCUT2D eigenvalue weighted by Gasteiger charge is 2.30. The van der Waals surface area contributed by atoms with Gasteiger partial charge in [0.25, 0.3) is 0 Å². The maximum absolute atomic E-state index is 12.6. The average Bonchev–Trinajstić information content (AvgIpc) is 2.38. The van der Waals surface area contributed by atoms with Crippen molar-refractivity contribution >= 4 is 11.8 Å². The first-order chi connectivity index (χ1) is 8.50. The maximum atomic E-state index is 12.6. The van der Waals surface area contributed by atoms with Gasteiger partial charge in [0.2, 0.25) is 0 Å². The van der Waals surface area contributed by atoms with Crippen LogP contribution in [0.2, 0.25) is 0 Å². The molecule has 2 rings (SSSR count). The number of thioether (sulfide) groups is 1. The number of hydrogen-bond acceptors (Lipinski definition) is 3. The second-order valence-corrected chi connectivity index (χ2v) is 4.28. The summed E-state index contributed by atoms with van der Waals surface area (Å²) in [4.78, 5) is 8.15. The standard InChI is InChI=1S/C12H9F3N2S/c1-18-11-16-6-5-10(17-11)8-3-2-4-9(7-8)12(13,14)15/h2-7H,1H3. The molecule has 1 aromatic carbocycles.